The molecule has 1 rings (SSSR count). The Balaban J connectivity index is 2.90. The second-order valence-electron chi connectivity index (χ2n) is 2.67. The van der Waals surface area contributed by atoms with E-state index in [9.17, 15) is 0 Å². The van der Waals surface area contributed by atoms with E-state index in [1.165, 1.54) is 0 Å². The van der Waals surface area contributed by atoms with Gasteiger partial charge in [-0.1, -0.05) is 11.6 Å². The lowest BCUT2D eigenvalue weighted by Crippen LogP contribution is -2.07. The molecule has 70 valence electrons. The second-order valence-corrected chi connectivity index (χ2v) is 3.96. The molecule has 5 heteroatoms. The molecule has 0 aliphatic heterocycles. The third kappa shape index (κ3) is 3.32. The molecule has 0 saturated heterocycles. The van der Waals surface area contributed by atoms with Crippen LogP contribution in [0.4, 0.5) is 5.82 Å². The topological polar surface area (TPSA) is 28.5 Å². The summed E-state index contributed by atoms with van der Waals surface area (Å²) in [5.41, 5.74) is 0. The Morgan fingerprint density at radius 3 is 2.85 bits per heavy atom. The fourth-order valence-corrected chi connectivity index (χ4v) is 1.41. The van der Waals surface area contributed by atoms with Crippen LogP contribution in [0.3, 0.4) is 0 Å². The minimum Gasteiger partial charge on any atom is -0.369 e. The molecule has 3 nitrogen and oxygen atoms in total. The van der Waals surface area contributed by atoms with Crippen LogP contribution in [0, 0.1) is 0 Å². The van der Waals surface area contributed by atoms with Gasteiger partial charge in [-0.2, -0.15) is 0 Å². The highest BCUT2D eigenvalue weighted by molar-refractivity contribution is 9.10. The first-order valence-electron chi connectivity index (χ1n) is 3.61. The molecule has 0 atom stereocenters. The molecule has 0 fully saturated rings. The molecule has 1 aromatic rings. The van der Waals surface area contributed by atoms with Crippen molar-refractivity contribution < 1.29 is 0 Å². The summed E-state index contributed by atoms with van der Waals surface area (Å²) < 4.78 is 0.790. The average Bonchev–Trinajstić information content (AvgIpc) is 2.02. The van der Waals surface area contributed by atoms with E-state index in [1.54, 1.807) is 18.6 Å². The molecule has 0 spiro atoms. The summed E-state index contributed by atoms with van der Waals surface area (Å²) in [7, 11) is 3.79. The van der Waals surface area contributed by atoms with E-state index in [0.29, 0.717) is 10.8 Å². The standard InChI is InChI=1S/C8H9BrClN3/c1-13(2)5-12-8-7(9)3-6(10)4-11-8/h3-5H,1-2H3/b12-5-. The third-order valence-electron chi connectivity index (χ3n) is 1.20. The van der Waals surface area contributed by atoms with Gasteiger partial charge in [0.2, 0.25) is 0 Å². The Morgan fingerprint density at radius 1 is 1.62 bits per heavy atom. The monoisotopic (exact) mass is 261 g/mol. The Hall–Kier alpha value is -0.610. The number of hydrogen-bond donors (Lipinski definition) is 0. The van der Waals surface area contributed by atoms with Crippen LogP contribution in [-0.2, 0) is 0 Å². The predicted octanol–water partition coefficient (Wildman–Crippen LogP) is 2.72. The molecule has 1 aromatic heterocycles. The Bertz CT molecular complexity index is 325. The zero-order chi connectivity index (χ0) is 9.84. The zero-order valence-corrected chi connectivity index (χ0v) is 9.67. The maximum absolute atomic E-state index is 5.72. The van der Waals surface area contributed by atoms with Gasteiger partial charge < -0.3 is 4.90 Å². The van der Waals surface area contributed by atoms with Crippen molar-refractivity contribution in [3.8, 4) is 0 Å². The number of nitrogens with zero attached hydrogens (tertiary/aromatic N) is 3. The first kappa shape index (κ1) is 10.5. The lowest BCUT2D eigenvalue weighted by Gasteiger charge is -2.02. The van der Waals surface area contributed by atoms with Gasteiger partial charge in [-0.25, -0.2) is 9.98 Å². The lowest BCUT2D eigenvalue weighted by molar-refractivity contribution is 0.643. The van der Waals surface area contributed by atoms with Gasteiger partial charge in [0, 0.05) is 20.3 Å². The molecule has 0 aromatic carbocycles. The van der Waals surface area contributed by atoms with Crippen LogP contribution in [0.1, 0.15) is 0 Å². The van der Waals surface area contributed by atoms with E-state index in [4.69, 9.17) is 11.6 Å². The molecule has 0 aliphatic rings. The van der Waals surface area contributed by atoms with Crippen LogP contribution in [0.25, 0.3) is 0 Å². The van der Waals surface area contributed by atoms with E-state index in [0.717, 1.165) is 4.47 Å². The molecule has 1 heterocycles. The van der Waals surface area contributed by atoms with Crippen LogP contribution in [0.2, 0.25) is 5.02 Å². The molecular formula is C8H9BrClN3. The lowest BCUT2D eigenvalue weighted by atomic mass is 10.5. The number of aliphatic imine (C=N–C) groups is 1. The largest absolute Gasteiger partial charge is 0.369 e. The van der Waals surface area contributed by atoms with Crippen molar-refractivity contribution >= 4 is 39.7 Å². The van der Waals surface area contributed by atoms with Gasteiger partial charge in [0.25, 0.3) is 0 Å². The number of pyridine rings is 1. The summed E-state index contributed by atoms with van der Waals surface area (Å²) in [5, 5.41) is 0.593. The quantitative estimate of drug-likeness (QED) is 0.606. The maximum atomic E-state index is 5.72. The summed E-state index contributed by atoms with van der Waals surface area (Å²) >= 11 is 9.04. The molecule has 0 amide bonds. The van der Waals surface area contributed by atoms with Crippen molar-refractivity contribution in [2.24, 2.45) is 4.99 Å². The smallest absolute Gasteiger partial charge is 0.167 e. The van der Waals surface area contributed by atoms with Gasteiger partial charge in [0.05, 0.1) is 15.8 Å². The zero-order valence-electron chi connectivity index (χ0n) is 7.33. The molecule has 0 unspecified atom stereocenters. The molecule has 0 aliphatic carbocycles. The SMILES string of the molecule is CN(C)/C=N\c1ncc(Cl)cc1Br. The van der Waals surface area contributed by atoms with Gasteiger partial charge in [-0.3, -0.25) is 0 Å². The normalized spacial score (nSPS) is 10.8. The van der Waals surface area contributed by atoms with E-state index in [-0.39, 0.29) is 0 Å². The van der Waals surface area contributed by atoms with E-state index in [2.05, 4.69) is 25.9 Å². The van der Waals surface area contributed by atoms with Crippen LogP contribution in [0.5, 0.6) is 0 Å². The number of aromatic nitrogens is 1. The highest BCUT2D eigenvalue weighted by Gasteiger charge is 1.99. The molecule has 0 radical (unpaired) electrons. The van der Waals surface area contributed by atoms with Crippen LogP contribution in [-0.4, -0.2) is 30.3 Å². The third-order valence-corrected chi connectivity index (χ3v) is 1.99. The van der Waals surface area contributed by atoms with Crippen molar-refractivity contribution in [1.82, 2.24) is 9.88 Å². The van der Waals surface area contributed by atoms with Crippen molar-refractivity contribution in [2.75, 3.05) is 14.1 Å². The van der Waals surface area contributed by atoms with E-state index < -0.39 is 0 Å². The summed E-state index contributed by atoms with van der Waals surface area (Å²) in [6, 6.07) is 1.76. The Labute approximate surface area is 90.6 Å². The Morgan fingerprint density at radius 2 is 2.31 bits per heavy atom. The van der Waals surface area contributed by atoms with Crippen molar-refractivity contribution in [2.45, 2.75) is 0 Å². The van der Waals surface area contributed by atoms with Gasteiger partial charge in [-0.15, -0.1) is 0 Å². The highest BCUT2D eigenvalue weighted by atomic mass is 79.9. The summed E-state index contributed by atoms with van der Waals surface area (Å²) in [6.45, 7) is 0. The summed E-state index contributed by atoms with van der Waals surface area (Å²) in [5.74, 6) is 0.623. The first-order chi connectivity index (χ1) is 6.09. The first-order valence-corrected chi connectivity index (χ1v) is 4.78. The van der Waals surface area contributed by atoms with Crippen molar-refractivity contribution in [3.05, 3.63) is 21.8 Å². The van der Waals surface area contributed by atoms with E-state index in [1.807, 2.05) is 19.0 Å². The van der Waals surface area contributed by atoms with Crippen LogP contribution in [0.15, 0.2) is 21.7 Å². The number of halogens is 2. The molecule has 0 N–H and O–H groups in total. The van der Waals surface area contributed by atoms with Gasteiger partial charge >= 0.3 is 0 Å². The molecular weight excluding hydrogens is 253 g/mol. The fraction of sp³-hybridized carbons (Fsp3) is 0.250. The molecule has 0 bridgehead atoms. The minimum absolute atomic E-state index is 0.593. The number of rotatable bonds is 2. The maximum Gasteiger partial charge on any atom is 0.167 e. The Kier molecular flexibility index (Phi) is 3.69. The van der Waals surface area contributed by atoms with Gasteiger partial charge in [0.1, 0.15) is 0 Å². The van der Waals surface area contributed by atoms with Crippen molar-refractivity contribution in [3.63, 3.8) is 0 Å². The second kappa shape index (κ2) is 4.58. The van der Waals surface area contributed by atoms with Gasteiger partial charge in [0.15, 0.2) is 5.82 Å². The fourth-order valence-electron chi connectivity index (χ4n) is 0.673. The summed E-state index contributed by atoms with van der Waals surface area (Å²) in [4.78, 5) is 10.0. The molecule has 0 saturated carbocycles. The van der Waals surface area contributed by atoms with Gasteiger partial charge in [-0.05, 0) is 22.0 Å². The predicted molar refractivity (Wildman–Crippen MR) is 58.8 cm³/mol. The van der Waals surface area contributed by atoms with Crippen LogP contribution < -0.4 is 0 Å². The highest BCUT2D eigenvalue weighted by Crippen LogP contribution is 2.24. The summed E-state index contributed by atoms with van der Waals surface area (Å²) in [6.07, 6.45) is 3.25. The minimum atomic E-state index is 0.593. The van der Waals surface area contributed by atoms with Crippen molar-refractivity contribution in [1.29, 1.82) is 0 Å². The number of hydrogen-bond acceptors (Lipinski definition) is 2. The van der Waals surface area contributed by atoms with E-state index >= 15 is 0 Å². The molecule has 13 heavy (non-hydrogen) atoms. The average molecular weight is 263 g/mol. The van der Waals surface area contributed by atoms with Crippen LogP contribution >= 0.6 is 27.5 Å².